The van der Waals surface area contributed by atoms with E-state index < -0.39 is 0 Å². The van der Waals surface area contributed by atoms with E-state index in [9.17, 15) is 4.79 Å². The van der Waals surface area contributed by atoms with Gasteiger partial charge in [0.25, 0.3) is 0 Å². The number of benzene rings is 1. The highest BCUT2D eigenvalue weighted by Crippen LogP contribution is 2.24. The highest BCUT2D eigenvalue weighted by atomic mass is 79.9. The maximum Gasteiger partial charge on any atom is 0.152 e. The Labute approximate surface area is 106 Å². The van der Waals surface area contributed by atoms with Gasteiger partial charge in [0, 0.05) is 29.3 Å². The van der Waals surface area contributed by atoms with Gasteiger partial charge in [0.15, 0.2) is 6.29 Å². The zero-order valence-corrected chi connectivity index (χ0v) is 11.6. The Hall–Kier alpha value is -0.830. The molecule has 0 aliphatic carbocycles. The van der Waals surface area contributed by atoms with Crippen molar-refractivity contribution in [2.45, 2.75) is 20.3 Å². The molecule has 1 rings (SSSR count). The Morgan fingerprint density at radius 2 is 2.19 bits per heavy atom. The molecule has 0 radical (unpaired) electrons. The molecule has 0 fully saturated rings. The zero-order valence-electron chi connectivity index (χ0n) is 10.0. The summed E-state index contributed by atoms with van der Waals surface area (Å²) in [6, 6.07) is 5.73. The Balaban J connectivity index is 2.92. The summed E-state index contributed by atoms with van der Waals surface area (Å²) < 4.78 is 1.00. The van der Waals surface area contributed by atoms with Crippen molar-refractivity contribution in [1.29, 1.82) is 0 Å². The molecule has 88 valence electrons. The summed E-state index contributed by atoms with van der Waals surface area (Å²) in [5, 5.41) is 0. The summed E-state index contributed by atoms with van der Waals surface area (Å²) in [5.41, 5.74) is 1.73. The SMILES string of the molecule is CCC(C)CN(C)c1cc(Br)ccc1C=O. The van der Waals surface area contributed by atoms with Crippen LogP contribution in [0.2, 0.25) is 0 Å². The molecule has 0 aromatic heterocycles. The first-order valence-electron chi connectivity index (χ1n) is 5.54. The fraction of sp³-hybridized carbons (Fsp3) is 0.462. The van der Waals surface area contributed by atoms with E-state index in [0.717, 1.165) is 35.0 Å². The molecule has 0 saturated carbocycles. The van der Waals surface area contributed by atoms with E-state index in [1.807, 2.05) is 25.2 Å². The average Bonchev–Trinajstić information content (AvgIpc) is 2.28. The fourth-order valence-electron chi connectivity index (χ4n) is 1.64. The maximum absolute atomic E-state index is 11.0. The largest absolute Gasteiger partial charge is 0.374 e. The second-order valence-corrected chi connectivity index (χ2v) is 5.13. The molecule has 0 spiro atoms. The van der Waals surface area contributed by atoms with E-state index in [-0.39, 0.29) is 0 Å². The molecule has 0 heterocycles. The number of anilines is 1. The van der Waals surface area contributed by atoms with Gasteiger partial charge in [-0.25, -0.2) is 0 Å². The first-order chi connectivity index (χ1) is 7.58. The van der Waals surface area contributed by atoms with Gasteiger partial charge in [0.1, 0.15) is 0 Å². The maximum atomic E-state index is 11.0. The van der Waals surface area contributed by atoms with Crippen LogP contribution >= 0.6 is 15.9 Å². The van der Waals surface area contributed by atoms with E-state index >= 15 is 0 Å². The first-order valence-corrected chi connectivity index (χ1v) is 6.33. The van der Waals surface area contributed by atoms with Crippen molar-refractivity contribution < 1.29 is 4.79 Å². The molecule has 0 bridgehead atoms. The minimum Gasteiger partial charge on any atom is -0.374 e. The minimum atomic E-state index is 0.628. The number of carbonyl (C=O) groups is 1. The van der Waals surface area contributed by atoms with Crippen molar-refractivity contribution in [3.63, 3.8) is 0 Å². The standard InChI is InChI=1S/C13H18BrNO/c1-4-10(2)8-15(3)13-7-12(14)6-5-11(13)9-16/h5-7,9-10H,4,8H2,1-3H3. The molecule has 0 amide bonds. The smallest absolute Gasteiger partial charge is 0.152 e. The predicted octanol–water partition coefficient (Wildman–Crippen LogP) is 3.74. The quantitative estimate of drug-likeness (QED) is 0.768. The molecule has 0 aliphatic rings. The number of rotatable bonds is 5. The normalized spacial score (nSPS) is 12.2. The van der Waals surface area contributed by atoms with Crippen molar-refractivity contribution in [2.75, 3.05) is 18.5 Å². The molecule has 16 heavy (non-hydrogen) atoms. The van der Waals surface area contributed by atoms with Crippen LogP contribution in [-0.4, -0.2) is 19.9 Å². The number of aldehydes is 1. The monoisotopic (exact) mass is 283 g/mol. The molecule has 0 N–H and O–H groups in total. The highest BCUT2D eigenvalue weighted by molar-refractivity contribution is 9.10. The highest BCUT2D eigenvalue weighted by Gasteiger charge is 2.10. The molecular formula is C13H18BrNO. The van der Waals surface area contributed by atoms with Crippen molar-refractivity contribution in [1.82, 2.24) is 0 Å². The van der Waals surface area contributed by atoms with Gasteiger partial charge in [0.05, 0.1) is 0 Å². The van der Waals surface area contributed by atoms with Crippen molar-refractivity contribution in [3.8, 4) is 0 Å². The van der Waals surface area contributed by atoms with Crippen LogP contribution in [0.25, 0.3) is 0 Å². The molecule has 1 aromatic rings. The van der Waals surface area contributed by atoms with Gasteiger partial charge in [0.2, 0.25) is 0 Å². The second-order valence-electron chi connectivity index (χ2n) is 4.21. The van der Waals surface area contributed by atoms with Crippen LogP contribution in [0.15, 0.2) is 22.7 Å². The lowest BCUT2D eigenvalue weighted by atomic mass is 10.1. The number of hydrogen-bond acceptors (Lipinski definition) is 2. The third-order valence-corrected chi connectivity index (χ3v) is 3.31. The van der Waals surface area contributed by atoms with Crippen LogP contribution in [0.3, 0.4) is 0 Å². The van der Waals surface area contributed by atoms with Gasteiger partial charge in [-0.2, -0.15) is 0 Å². The van der Waals surface area contributed by atoms with Gasteiger partial charge in [-0.15, -0.1) is 0 Å². The summed E-state index contributed by atoms with van der Waals surface area (Å²) in [6.07, 6.45) is 2.06. The third kappa shape index (κ3) is 3.34. The van der Waals surface area contributed by atoms with Gasteiger partial charge in [-0.1, -0.05) is 36.2 Å². The lowest BCUT2D eigenvalue weighted by molar-refractivity contribution is 0.112. The number of hydrogen-bond donors (Lipinski definition) is 0. The molecule has 0 aliphatic heterocycles. The van der Waals surface area contributed by atoms with Gasteiger partial charge >= 0.3 is 0 Å². The van der Waals surface area contributed by atoms with E-state index in [2.05, 4.69) is 34.7 Å². The predicted molar refractivity (Wildman–Crippen MR) is 72.3 cm³/mol. The average molecular weight is 284 g/mol. The Kier molecular flexibility index (Phi) is 5.00. The van der Waals surface area contributed by atoms with Crippen LogP contribution in [0.1, 0.15) is 30.6 Å². The second kappa shape index (κ2) is 6.04. The molecular weight excluding hydrogens is 266 g/mol. The summed E-state index contributed by atoms with van der Waals surface area (Å²) >= 11 is 3.43. The van der Waals surface area contributed by atoms with Crippen LogP contribution < -0.4 is 4.90 Å². The summed E-state index contributed by atoms with van der Waals surface area (Å²) in [5.74, 6) is 0.628. The molecule has 0 saturated heterocycles. The number of carbonyl (C=O) groups excluding carboxylic acids is 1. The Bertz CT molecular complexity index is 365. The van der Waals surface area contributed by atoms with Crippen LogP contribution in [0.5, 0.6) is 0 Å². The topological polar surface area (TPSA) is 20.3 Å². The summed E-state index contributed by atoms with van der Waals surface area (Å²) in [6.45, 7) is 5.36. The fourth-order valence-corrected chi connectivity index (χ4v) is 1.99. The molecule has 1 unspecified atom stereocenters. The van der Waals surface area contributed by atoms with Crippen LogP contribution in [-0.2, 0) is 0 Å². The third-order valence-electron chi connectivity index (χ3n) is 2.81. The van der Waals surface area contributed by atoms with E-state index in [1.165, 1.54) is 0 Å². The van der Waals surface area contributed by atoms with Crippen molar-refractivity contribution in [2.24, 2.45) is 5.92 Å². The Morgan fingerprint density at radius 1 is 1.50 bits per heavy atom. The number of nitrogens with zero attached hydrogens (tertiary/aromatic N) is 1. The molecule has 1 atom stereocenters. The van der Waals surface area contributed by atoms with Crippen LogP contribution in [0.4, 0.5) is 5.69 Å². The van der Waals surface area contributed by atoms with Gasteiger partial charge in [-0.3, -0.25) is 4.79 Å². The minimum absolute atomic E-state index is 0.628. The van der Waals surface area contributed by atoms with Gasteiger partial charge < -0.3 is 4.90 Å². The van der Waals surface area contributed by atoms with E-state index in [4.69, 9.17) is 0 Å². The lowest BCUT2D eigenvalue weighted by Crippen LogP contribution is -2.24. The first kappa shape index (κ1) is 13.2. The van der Waals surface area contributed by atoms with Crippen molar-refractivity contribution >= 4 is 27.9 Å². The zero-order chi connectivity index (χ0) is 12.1. The summed E-state index contributed by atoms with van der Waals surface area (Å²) in [4.78, 5) is 13.1. The lowest BCUT2D eigenvalue weighted by Gasteiger charge is -2.24. The number of halogens is 1. The van der Waals surface area contributed by atoms with Gasteiger partial charge in [-0.05, 0) is 24.1 Å². The van der Waals surface area contributed by atoms with Crippen molar-refractivity contribution in [3.05, 3.63) is 28.2 Å². The molecule has 3 heteroatoms. The Morgan fingerprint density at radius 3 is 2.75 bits per heavy atom. The summed E-state index contributed by atoms with van der Waals surface area (Å²) in [7, 11) is 2.03. The van der Waals surface area contributed by atoms with E-state index in [0.29, 0.717) is 5.92 Å². The molecule has 1 aromatic carbocycles. The molecule has 2 nitrogen and oxygen atoms in total. The van der Waals surface area contributed by atoms with Crippen LogP contribution in [0, 0.1) is 5.92 Å². The van der Waals surface area contributed by atoms with E-state index in [1.54, 1.807) is 0 Å².